The predicted molar refractivity (Wildman–Crippen MR) is 77.1 cm³/mol. The average Bonchev–Trinajstić information content (AvgIpc) is 2.68. The summed E-state index contributed by atoms with van der Waals surface area (Å²) in [4.78, 5) is 11.7. The van der Waals surface area contributed by atoms with Crippen LogP contribution in [0.15, 0.2) is 18.5 Å². The summed E-state index contributed by atoms with van der Waals surface area (Å²) in [5.74, 6) is 0.0477. The second-order valence-corrected chi connectivity index (χ2v) is 4.41. The molecule has 1 rings (SSSR count). The molecule has 7 heteroatoms. The van der Waals surface area contributed by atoms with Crippen LogP contribution in [0.1, 0.15) is 20.8 Å². The van der Waals surface area contributed by atoms with E-state index in [1.807, 2.05) is 33.0 Å². The Kier molecular flexibility index (Phi) is 9.99. The summed E-state index contributed by atoms with van der Waals surface area (Å²) >= 11 is 0. The van der Waals surface area contributed by atoms with E-state index in [9.17, 15) is 4.79 Å². The van der Waals surface area contributed by atoms with Gasteiger partial charge in [0.2, 0.25) is 5.91 Å². The Morgan fingerprint density at radius 1 is 1.39 bits per heavy atom. The van der Waals surface area contributed by atoms with Crippen molar-refractivity contribution in [3.05, 3.63) is 18.5 Å². The number of amides is 1. The highest BCUT2D eigenvalue weighted by Crippen LogP contribution is 1.99. The fourth-order valence-electron chi connectivity index (χ4n) is 1.38. The van der Waals surface area contributed by atoms with Crippen LogP contribution in [0, 0.1) is 5.92 Å². The van der Waals surface area contributed by atoms with E-state index in [4.69, 9.17) is 5.73 Å². The lowest BCUT2D eigenvalue weighted by Gasteiger charge is -2.19. The minimum Gasteiger partial charge on any atom is -0.350 e. The number of nitrogens with zero attached hydrogens (tertiary/aromatic N) is 2. The zero-order valence-corrected chi connectivity index (χ0v) is 12.5. The third-order valence-corrected chi connectivity index (χ3v) is 2.43. The number of carbonyl (C=O) groups is 1. The van der Waals surface area contributed by atoms with Gasteiger partial charge >= 0.3 is 0 Å². The Morgan fingerprint density at radius 2 is 2.00 bits per heavy atom. The molecule has 2 atom stereocenters. The molecule has 0 aliphatic heterocycles. The SMILES string of the molecule is CC(Cn1cccn1)NC(=O)[C@@H](N)C(C)C.Cl.Cl. The van der Waals surface area contributed by atoms with Crippen LogP contribution in [0.25, 0.3) is 0 Å². The summed E-state index contributed by atoms with van der Waals surface area (Å²) in [7, 11) is 0. The molecule has 0 saturated heterocycles. The Morgan fingerprint density at radius 3 is 2.44 bits per heavy atom. The van der Waals surface area contributed by atoms with Crippen molar-refractivity contribution in [2.24, 2.45) is 11.7 Å². The third-order valence-electron chi connectivity index (χ3n) is 2.43. The van der Waals surface area contributed by atoms with E-state index in [1.54, 1.807) is 10.9 Å². The molecule has 0 aliphatic carbocycles. The molecule has 3 N–H and O–H groups in total. The maximum atomic E-state index is 11.7. The summed E-state index contributed by atoms with van der Waals surface area (Å²) in [5.41, 5.74) is 5.75. The molecular weight excluding hydrogens is 275 g/mol. The van der Waals surface area contributed by atoms with Crippen LogP contribution in [0.2, 0.25) is 0 Å². The van der Waals surface area contributed by atoms with Crippen molar-refractivity contribution < 1.29 is 4.79 Å². The molecule has 5 nitrogen and oxygen atoms in total. The van der Waals surface area contributed by atoms with Gasteiger partial charge in [0.25, 0.3) is 0 Å². The van der Waals surface area contributed by atoms with Crippen molar-refractivity contribution in [3.63, 3.8) is 0 Å². The summed E-state index contributed by atoms with van der Waals surface area (Å²) in [6, 6.07) is 1.44. The van der Waals surface area contributed by atoms with Gasteiger partial charge in [0.05, 0.1) is 12.6 Å². The first-order valence-electron chi connectivity index (χ1n) is 5.54. The standard InChI is InChI=1S/C11H20N4O.2ClH/c1-8(2)10(12)11(16)14-9(3)7-15-6-4-5-13-15;;/h4-6,8-10H,7,12H2,1-3H3,(H,14,16);2*1H/t9?,10-;;/m0../s1. The fourth-order valence-corrected chi connectivity index (χ4v) is 1.38. The van der Waals surface area contributed by atoms with Crippen molar-refractivity contribution >= 4 is 30.7 Å². The van der Waals surface area contributed by atoms with Crippen LogP contribution in [0.5, 0.6) is 0 Å². The topological polar surface area (TPSA) is 72.9 Å². The lowest BCUT2D eigenvalue weighted by atomic mass is 10.0. The summed E-state index contributed by atoms with van der Waals surface area (Å²) in [5, 5.41) is 6.95. The molecule has 106 valence electrons. The van der Waals surface area contributed by atoms with Gasteiger partial charge in [-0.3, -0.25) is 9.48 Å². The van der Waals surface area contributed by atoms with E-state index in [2.05, 4.69) is 10.4 Å². The highest BCUT2D eigenvalue weighted by atomic mass is 35.5. The predicted octanol–water partition coefficient (Wildman–Crippen LogP) is 1.21. The van der Waals surface area contributed by atoms with E-state index in [-0.39, 0.29) is 42.7 Å². The lowest BCUT2D eigenvalue weighted by molar-refractivity contribution is -0.123. The molecule has 0 bridgehead atoms. The number of hydrogen-bond donors (Lipinski definition) is 2. The Hall–Kier alpha value is -0.780. The van der Waals surface area contributed by atoms with E-state index < -0.39 is 6.04 Å². The molecule has 0 fully saturated rings. The highest BCUT2D eigenvalue weighted by Gasteiger charge is 2.18. The molecule has 0 aliphatic rings. The summed E-state index contributed by atoms with van der Waals surface area (Å²) in [6.07, 6.45) is 3.58. The number of rotatable bonds is 5. The minimum absolute atomic E-state index is 0. The first kappa shape index (κ1) is 19.6. The van der Waals surface area contributed by atoms with Crippen molar-refractivity contribution in [2.75, 3.05) is 0 Å². The Bertz CT molecular complexity index is 330. The second-order valence-electron chi connectivity index (χ2n) is 4.41. The minimum atomic E-state index is -0.444. The van der Waals surface area contributed by atoms with Crippen LogP contribution in [0.4, 0.5) is 0 Å². The molecule has 0 aromatic carbocycles. The summed E-state index contributed by atoms with van der Waals surface area (Å²) in [6.45, 7) is 6.46. The van der Waals surface area contributed by atoms with Crippen LogP contribution in [-0.4, -0.2) is 27.8 Å². The van der Waals surface area contributed by atoms with E-state index in [0.29, 0.717) is 6.54 Å². The smallest absolute Gasteiger partial charge is 0.237 e. The molecule has 1 amide bonds. The lowest BCUT2D eigenvalue weighted by Crippen LogP contribution is -2.48. The van der Waals surface area contributed by atoms with Gasteiger partial charge in [-0.15, -0.1) is 24.8 Å². The van der Waals surface area contributed by atoms with Gasteiger partial charge < -0.3 is 11.1 Å². The van der Waals surface area contributed by atoms with Gasteiger partial charge in [-0.1, -0.05) is 13.8 Å². The quantitative estimate of drug-likeness (QED) is 0.858. The van der Waals surface area contributed by atoms with Crippen molar-refractivity contribution in [1.29, 1.82) is 0 Å². The third kappa shape index (κ3) is 6.23. The number of halogens is 2. The van der Waals surface area contributed by atoms with Crippen LogP contribution in [0.3, 0.4) is 0 Å². The molecule has 18 heavy (non-hydrogen) atoms. The van der Waals surface area contributed by atoms with E-state index in [0.717, 1.165) is 0 Å². The van der Waals surface area contributed by atoms with Crippen LogP contribution >= 0.6 is 24.8 Å². The Balaban J connectivity index is 0. The van der Waals surface area contributed by atoms with E-state index >= 15 is 0 Å². The molecule has 0 saturated carbocycles. The average molecular weight is 297 g/mol. The largest absolute Gasteiger partial charge is 0.350 e. The highest BCUT2D eigenvalue weighted by molar-refractivity contribution is 5.85. The zero-order chi connectivity index (χ0) is 12.1. The van der Waals surface area contributed by atoms with Crippen molar-refractivity contribution in [3.8, 4) is 0 Å². The van der Waals surface area contributed by atoms with Gasteiger partial charge in [-0.05, 0) is 18.9 Å². The number of aromatic nitrogens is 2. The van der Waals surface area contributed by atoms with Crippen LogP contribution in [-0.2, 0) is 11.3 Å². The first-order valence-corrected chi connectivity index (χ1v) is 5.54. The van der Waals surface area contributed by atoms with Crippen molar-refractivity contribution in [1.82, 2.24) is 15.1 Å². The molecule has 1 unspecified atom stereocenters. The van der Waals surface area contributed by atoms with Gasteiger partial charge in [0.1, 0.15) is 0 Å². The van der Waals surface area contributed by atoms with Gasteiger partial charge in [0, 0.05) is 18.4 Å². The molecule has 1 heterocycles. The molecule has 0 spiro atoms. The van der Waals surface area contributed by atoms with Gasteiger partial charge in [-0.2, -0.15) is 5.10 Å². The summed E-state index contributed by atoms with van der Waals surface area (Å²) < 4.78 is 1.78. The number of nitrogens with one attached hydrogen (secondary N) is 1. The van der Waals surface area contributed by atoms with Crippen LogP contribution < -0.4 is 11.1 Å². The molecule has 1 aromatic rings. The number of nitrogens with two attached hydrogens (primary N) is 1. The monoisotopic (exact) mass is 296 g/mol. The van der Waals surface area contributed by atoms with Gasteiger partial charge in [0.15, 0.2) is 0 Å². The van der Waals surface area contributed by atoms with E-state index in [1.165, 1.54) is 0 Å². The maximum absolute atomic E-state index is 11.7. The first-order chi connectivity index (χ1) is 7.50. The molecule has 1 aromatic heterocycles. The zero-order valence-electron chi connectivity index (χ0n) is 10.9. The fraction of sp³-hybridized carbons (Fsp3) is 0.636. The molecule has 0 radical (unpaired) electrons. The normalized spacial score (nSPS) is 13.2. The van der Waals surface area contributed by atoms with Crippen molar-refractivity contribution in [2.45, 2.75) is 39.4 Å². The van der Waals surface area contributed by atoms with Gasteiger partial charge in [-0.25, -0.2) is 0 Å². The number of hydrogen-bond acceptors (Lipinski definition) is 3. The Labute approximate surface area is 120 Å². The number of carbonyl (C=O) groups excluding carboxylic acids is 1. The second kappa shape index (κ2) is 9.19. The maximum Gasteiger partial charge on any atom is 0.237 e. The molecular formula is C11H22Cl2N4O.